The molecule has 4 rings (SSSR count). The van der Waals surface area contributed by atoms with Gasteiger partial charge in [0.25, 0.3) is 11.8 Å². The Bertz CT molecular complexity index is 1170. The van der Waals surface area contributed by atoms with Crippen LogP contribution < -0.4 is 4.74 Å². The van der Waals surface area contributed by atoms with Gasteiger partial charge in [-0.3, -0.25) is 19.3 Å². The molecule has 1 heterocycles. The van der Waals surface area contributed by atoms with E-state index in [9.17, 15) is 14.4 Å². The number of carbonyl (C=O) groups excluding carboxylic acids is 3. The van der Waals surface area contributed by atoms with E-state index in [0.29, 0.717) is 40.3 Å². The molecular weight excluding hydrogens is 428 g/mol. The van der Waals surface area contributed by atoms with Gasteiger partial charge in [0.1, 0.15) is 5.75 Å². The Kier molecular flexibility index (Phi) is 6.15. The normalized spacial score (nSPS) is 12.9. The molecule has 32 heavy (non-hydrogen) atoms. The molecule has 3 aromatic carbocycles. The number of benzene rings is 3. The molecule has 0 aliphatic carbocycles. The van der Waals surface area contributed by atoms with Crippen LogP contribution in [0.1, 0.15) is 39.1 Å². The standard InChI is InChI=1S/C25H23ClN2O4/c1-27(15-17-14-18(26)11-12-21(17)32-2)22(29)10-5-13-28-24(30)19-8-3-6-16-7-4-9-20(23(16)19)25(28)31/h3-4,6-9,11-12,14H,5,10,13,15H2,1-2H3. The largest absolute Gasteiger partial charge is 0.496 e. The van der Waals surface area contributed by atoms with Gasteiger partial charge < -0.3 is 9.64 Å². The zero-order valence-corrected chi connectivity index (χ0v) is 18.7. The molecule has 6 nitrogen and oxygen atoms in total. The first-order chi connectivity index (χ1) is 15.4. The third-order valence-corrected chi connectivity index (χ3v) is 5.94. The van der Waals surface area contributed by atoms with Crippen molar-refractivity contribution >= 4 is 40.1 Å². The number of methoxy groups -OCH3 is 1. The van der Waals surface area contributed by atoms with Crippen LogP contribution in [0.3, 0.4) is 0 Å². The average molecular weight is 451 g/mol. The molecule has 0 bridgehead atoms. The third kappa shape index (κ3) is 4.06. The van der Waals surface area contributed by atoms with Gasteiger partial charge in [0.15, 0.2) is 0 Å². The van der Waals surface area contributed by atoms with Crippen molar-refractivity contribution in [2.45, 2.75) is 19.4 Å². The zero-order chi connectivity index (χ0) is 22.8. The molecule has 0 fully saturated rings. The monoisotopic (exact) mass is 450 g/mol. The van der Waals surface area contributed by atoms with Crippen LogP contribution in [0, 0.1) is 0 Å². The van der Waals surface area contributed by atoms with Crippen molar-refractivity contribution in [3.8, 4) is 5.75 Å². The first-order valence-corrected chi connectivity index (χ1v) is 10.7. The van der Waals surface area contributed by atoms with E-state index in [2.05, 4.69) is 0 Å². The van der Waals surface area contributed by atoms with Crippen molar-refractivity contribution in [2.75, 3.05) is 20.7 Å². The molecule has 3 aromatic rings. The fourth-order valence-corrected chi connectivity index (χ4v) is 4.27. The molecule has 0 aromatic heterocycles. The highest BCUT2D eigenvalue weighted by atomic mass is 35.5. The van der Waals surface area contributed by atoms with Crippen LogP contribution >= 0.6 is 11.6 Å². The summed E-state index contributed by atoms with van der Waals surface area (Å²) in [7, 11) is 3.27. The van der Waals surface area contributed by atoms with Gasteiger partial charge in [-0.1, -0.05) is 35.9 Å². The summed E-state index contributed by atoms with van der Waals surface area (Å²) in [4.78, 5) is 41.4. The van der Waals surface area contributed by atoms with Crippen molar-refractivity contribution in [3.05, 3.63) is 76.3 Å². The molecular formula is C25H23ClN2O4. The van der Waals surface area contributed by atoms with Crippen LogP contribution in [-0.2, 0) is 11.3 Å². The molecule has 164 valence electrons. The summed E-state index contributed by atoms with van der Waals surface area (Å²) in [5, 5.41) is 2.14. The molecule has 7 heteroatoms. The maximum absolute atomic E-state index is 13.0. The molecule has 0 unspecified atom stereocenters. The van der Waals surface area contributed by atoms with Crippen molar-refractivity contribution in [1.29, 1.82) is 0 Å². The van der Waals surface area contributed by atoms with E-state index in [-0.39, 0.29) is 30.7 Å². The summed E-state index contributed by atoms with van der Waals surface area (Å²) >= 11 is 6.07. The predicted molar refractivity (Wildman–Crippen MR) is 123 cm³/mol. The van der Waals surface area contributed by atoms with Gasteiger partial charge >= 0.3 is 0 Å². The summed E-state index contributed by atoms with van der Waals surface area (Å²) in [5.41, 5.74) is 1.85. The van der Waals surface area contributed by atoms with E-state index in [4.69, 9.17) is 16.3 Å². The Labute approximate surface area is 191 Å². The molecule has 1 aliphatic rings. The Balaban J connectivity index is 1.40. The molecule has 1 aliphatic heterocycles. The highest BCUT2D eigenvalue weighted by molar-refractivity contribution is 6.30. The maximum Gasteiger partial charge on any atom is 0.261 e. The Morgan fingerprint density at radius 1 is 1.03 bits per heavy atom. The summed E-state index contributed by atoms with van der Waals surface area (Å²) < 4.78 is 5.34. The lowest BCUT2D eigenvalue weighted by Crippen LogP contribution is -2.41. The molecule has 0 N–H and O–H groups in total. The fraction of sp³-hybridized carbons (Fsp3) is 0.240. The molecule has 0 saturated heterocycles. The highest BCUT2D eigenvalue weighted by Crippen LogP contribution is 2.30. The smallest absolute Gasteiger partial charge is 0.261 e. The quantitative estimate of drug-likeness (QED) is 0.496. The van der Waals surface area contributed by atoms with Gasteiger partial charge in [-0.2, -0.15) is 0 Å². The van der Waals surface area contributed by atoms with Crippen LogP contribution in [0.15, 0.2) is 54.6 Å². The Morgan fingerprint density at radius 3 is 2.31 bits per heavy atom. The van der Waals surface area contributed by atoms with E-state index in [1.807, 2.05) is 24.3 Å². The van der Waals surface area contributed by atoms with Crippen molar-refractivity contribution in [1.82, 2.24) is 9.80 Å². The molecule has 0 radical (unpaired) electrons. The molecule has 0 atom stereocenters. The van der Waals surface area contributed by atoms with E-state index >= 15 is 0 Å². The average Bonchev–Trinajstić information content (AvgIpc) is 2.79. The number of rotatable bonds is 7. The summed E-state index contributed by atoms with van der Waals surface area (Å²) in [6.07, 6.45) is 0.591. The molecule has 3 amide bonds. The number of halogens is 1. The minimum absolute atomic E-state index is 0.0913. The minimum Gasteiger partial charge on any atom is -0.496 e. The minimum atomic E-state index is -0.316. The topological polar surface area (TPSA) is 66.9 Å². The van der Waals surface area contributed by atoms with E-state index < -0.39 is 0 Å². The van der Waals surface area contributed by atoms with E-state index in [1.54, 1.807) is 49.4 Å². The summed E-state index contributed by atoms with van der Waals surface area (Å²) in [6, 6.07) is 16.2. The van der Waals surface area contributed by atoms with Crippen LogP contribution in [0.25, 0.3) is 10.8 Å². The zero-order valence-electron chi connectivity index (χ0n) is 17.9. The first kappa shape index (κ1) is 21.8. The number of amides is 3. The lowest BCUT2D eigenvalue weighted by Gasteiger charge is -2.27. The number of nitrogens with zero attached hydrogens (tertiary/aromatic N) is 2. The van der Waals surface area contributed by atoms with Gasteiger partial charge in [-0.15, -0.1) is 0 Å². The fourth-order valence-electron chi connectivity index (χ4n) is 4.08. The first-order valence-electron chi connectivity index (χ1n) is 10.3. The summed E-state index contributed by atoms with van der Waals surface area (Å²) in [5.74, 6) is -0.0645. The van der Waals surface area contributed by atoms with Gasteiger partial charge in [0.05, 0.1) is 7.11 Å². The van der Waals surface area contributed by atoms with E-state index in [1.165, 1.54) is 4.90 Å². The van der Waals surface area contributed by atoms with Crippen molar-refractivity contribution < 1.29 is 19.1 Å². The van der Waals surface area contributed by atoms with Crippen LogP contribution in [0.5, 0.6) is 5.75 Å². The van der Waals surface area contributed by atoms with Gasteiger partial charge in [-0.25, -0.2) is 0 Å². The van der Waals surface area contributed by atoms with Gasteiger partial charge in [0.2, 0.25) is 5.91 Å². The SMILES string of the molecule is COc1ccc(Cl)cc1CN(C)C(=O)CCCN1C(=O)c2cccc3cccc(c23)C1=O. The number of carbonyl (C=O) groups is 3. The van der Waals surface area contributed by atoms with Crippen LogP contribution in [-0.4, -0.2) is 48.2 Å². The summed E-state index contributed by atoms with van der Waals surface area (Å²) in [6.45, 7) is 0.530. The van der Waals surface area contributed by atoms with E-state index in [0.717, 1.165) is 10.9 Å². The number of hydrogen-bond donors (Lipinski definition) is 0. The Morgan fingerprint density at radius 2 is 1.69 bits per heavy atom. The van der Waals surface area contributed by atoms with Gasteiger partial charge in [0, 0.05) is 53.7 Å². The lowest BCUT2D eigenvalue weighted by molar-refractivity contribution is -0.130. The lowest BCUT2D eigenvalue weighted by atomic mass is 9.94. The molecule has 0 spiro atoms. The third-order valence-electron chi connectivity index (χ3n) is 5.70. The second kappa shape index (κ2) is 9.01. The number of hydrogen-bond acceptors (Lipinski definition) is 4. The highest BCUT2D eigenvalue weighted by Gasteiger charge is 2.32. The predicted octanol–water partition coefficient (Wildman–Crippen LogP) is 4.54. The second-order valence-electron chi connectivity index (χ2n) is 7.78. The van der Waals surface area contributed by atoms with Gasteiger partial charge in [-0.05, 0) is 42.1 Å². The molecule has 0 saturated carbocycles. The van der Waals surface area contributed by atoms with Crippen molar-refractivity contribution in [3.63, 3.8) is 0 Å². The number of ether oxygens (including phenoxy) is 1. The Hall–Kier alpha value is -3.38. The number of imide groups is 1. The second-order valence-corrected chi connectivity index (χ2v) is 8.22. The van der Waals surface area contributed by atoms with Crippen molar-refractivity contribution in [2.24, 2.45) is 0 Å². The van der Waals surface area contributed by atoms with Crippen LogP contribution in [0.4, 0.5) is 0 Å². The maximum atomic E-state index is 13.0. The van der Waals surface area contributed by atoms with Crippen LogP contribution in [0.2, 0.25) is 5.02 Å².